The van der Waals surface area contributed by atoms with Crippen LogP contribution in [0.3, 0.4) is 0 Å². The van der Waals surface area contributed by atoms with Crippen LogP contribution in [0.2, 0.25) is 0 Å². The van der Waals surface area contributed by atoms with E-state index in [2.05, 4.69) is 80.5 Å². The van der Waals surface area contributed by atoms with Gasteiger partial charge in [-0.25, -0.2) is 0 Å². The molecule has 2 heterocycles. The first kappa shape index (κ1) is 21.1. The Morgan fingerprint density at radius 1 is 1.22 bits per heavy atom. The Kier molecular flexibility index (Phi) is 6.12. The van der Waals surface area contributed by atoms with Gasteiger partial charge >= 0.3 is 0 Å². The quantitative estimate of drug-likeness (QED) is 0.493. The van der Waals surface area contributed by atoms with Crippen molar-refractivity contribution < 1.29 is 5.11 Å². The molecule has 1 nitrogen and oxygen atoms in total. The first-order chi connectivity index (χ1) is 12.9. The standard InChI is InChI=1S/C22H34OS4/c1-5-20(3,19-24-10-11-25-19)14-17(23)21(4)15(2)6-7-16-8-9-22(18(16)21)26-12-13-27-22/h5,15,17,19,23H,1,6-14H2,2-4H3/t15-,17-,20-,21-/m1/s1. The van der Waals surface area contributed by atoms with Gasteiger partial charge in [0.05, 0.1) is 14.8 Å². The first-order valence-corrected chi connectivity index (χ1v) is 14.5. The molecule has 4 aliphatic rings. The third kappa shape index (κ3) is 3.40. The van der Waals surface area contributed by atoms with E-state index in [1.807, 2.05) is 0 Å². The van der Waals surface area contributed by atoms with Crippen molar-refractivity contribution in [3.05, 3.63) is 23.8 Å². The Morgan fingerprint density at radius 2 is 1.89 bits per heavy atom. The fourth-order valence-electron chi connectivity index (χ4n) is 5.70. The highest BCUT2D eigenvalue weighted by Gasteiger charge is 2.57. The summed E-state index contributed by atoms with van der Waals surface area (Å²) in [4.78, 5) is 0. The molecular weight excluding hydrogens is 409 g/mol. The van der Waals surface area contributed by atoms with Crippen LogP contribution in [0.5, 0.6) is 0 Å². The second kappa shape index (κ2) is 7.83. The second-order valence-electron chi connectivity index (χ2n) is 9.15. The van der Waals surface area contributed by atoms with Gasteiger partial charge in [0, 0.05) is 33.8 Å². The lowest BCUT2D eigenvalue weighted by Gasteiger charge is -2.51. The van der Waals surface area contributed by atoms with Gasteiger partial charge in [-0.2, -0.15) is 0 Å². The van der Waals surface area contributed by atoms with Crippen molar-refractivity contribution in [1.82, 2.24) is 0 Å². The molecule has 0 unspecified atom stereocenters. The number of rotatable bonds is 5. The topological polar surface area (TPSA) is 20.2 Å². The summed E-state index contributed by atoms with van der Waals surface area (Å²) >= 11 is 8.47. The van der Waals surface area contributed by atoms with E-state index in [1.54, 1.807) is 11.1 Å². The molecule has 5 heteroatoms. The molecule has 4 rings (SSSR count). The molecule has 2 fully saturated rings. The average Bonchev–Trinajstić information content (AvgIpc) is 3.41. The molecule has 2 saturated heterocycles. The average molecular weight is 443 g/mol. The van der Waals surface area contributed by atoms with E-state index < -0.39 is 0 Å². The molecule has 1 N–H and O–H groups in total. The Balaban J connectivity index is 1.66. The zero-order chi connectivity index (χ0) is 19.3. The highest BCUT2D eigenvalue weighted by molar-refractivity contribution is 8.21. The summed E-state index contributed by atoms with van der Waals surface area (Å²) < 4.78 is 0.801. The summed E-state index contributed by atoms with van der Waals surface area (Å²) in [5, 5.41) is 11.8. The van der Waals surface area contributed by atoms with Crippen LogP contribution in [-0.4, -0.2) is 42.9 Å². The largest absolute Gasteiger partial charge is 0.392 e. The molecule has 2 aliphatic carbocycles. The van der Waals surface area contributed by atoms with Crippen LogP contribution in [0.25, 0.3) is 0 Å². The zero-order valence-corrected chi connectivity index (χ0v) is 20.2. The molecule has 0 aromatic carbocycles. The van der Waals surface area contributed by atoms with Crippen molar-refractivity contribution in [3.63, 3.8) is 0 Å². The Hall–Kier alpha value is 0.840. The molecule has 1 spiro atoms. The van der Waals surface area contributed by atoms with Crippen LogP contribution in [0, 0.1) is 16.7 Å². The predicted molar refractivity (Wildman–Crippen MR) is 128 cm³/mol. The van der Waals surface area contributed by atoms with Crippen molar-refractivity contribution in [1.29, 1.82) is 0 Å². The minimum atomic E-state index is -0.292. The molecule has 27 heavy (non-hydrogen) atoms. The molecule has 2 aliphatic heterocycles. The molecule has 0 saturated carbocycles. The van der Waals surface area contributed by atoms with E-state index in [0.29, 0.717) is 10.5 Å². The van der Waals surface area contributed by atoms with Crippen LogP contribution in [0.1, 0.15) is 52.9 Å². The number of aliphatic hydroxyl groups is 1. The van der Waals surface area contributed by atoms with Gasteiger partial charge in [-0.05, 0) is 43.6 Å². The van der Waals surface area contributed by atoms with Crippen LogP contribution in [-0.2, 0) is 0 Å². The van der Waals surface area contributed by atoms with E-state index in [-0.39, 0.29) is 21.0 Å². The maximum atomic E-state index is 11.8. The third-order valence-electron chi connectivity index (χ3n) is 7.64. The summed E-state index contributed by atoms with van der Waals surface area (Å²) in [7, 11) is 0. The normalized spacial score (nSPS) is 36.8. The fourth-order valence-corrected chi connectivity index (χ4v) is 12.7. The number of hydrogen-bond donors (Lipinski definition) is 1. The Bertz CT molecular complexity index is 620. The second-order valence-corrected chi connectivity index (χ2v) is 14.9. The maximum Gasteiger partial charge on any atom is 0.0833 e. The van der Waals surface area contributed by atoms with Gasteiger partial charge in [0.15, 0.2) is 0 Å². The SMILES string of the molecule is C=C[C@](C)(C[C@@H](O)[C@]1(C)C2=C(CC[C@H]1C)CCC21SCCS1)C1SCCS1. The zero-order valence-electron chi connectivity index (χ0n) is 17.0. The van der Waals surface area contributed by atoms with Crippen molar-refractivity contribution in [2.45, 2.75) is 67.6 Å². The molecule has 152 valence electrons. The number of hydrogen-bond acceptors (Lipinski definition) is 5. The first-order valence-electron chi connectivity index (χ1n) is 10.4. The molecule has 0 bridgehead atoms. The highest BCUT2D eigenvalue weighted by atomic mass is 32.2. The lowest BCUT2D eigenvalue weighted by Crippen LogP contribution is -2.48. The molecule has 4 atom stereocenters. The summed E-state index contributed by atoms with van der Waals surface area (Å²) in [6.45, 7) is 11.3. The molecule has 0 aromatic rings. The lowest BCUT2D eigenvalue weighted by atomic mass is 9.60. The number of allylic oxidation sites excluding steroid dienone is 2. The number of thioether (sulfide) groups is 4. The Morgan fingerprint density at radius 3 is 2.52 bits per heavy atom. The van der Waals surface area contributed by atoms with Gasteiger partial charge in [-0.3, -0.25) is 0 Å². The van der Waals surface area contributed by atoms with Crippen LogP contribution in [0.4, 0.5) is 0 Å². The molecular formula is C22H34OS4. The monoisotopic (exact) mass is 442 g/mol. The van der Waals surface area contributed by atoms with Crippen LogP contribution in [0.15, 0.2) is 23.8 Å². The molecule has 0 amide bonds. The van der Waals surface area contributed by atoms with Gasteiger partial charge in [-0.15, -0.1) is 53.6 Å². The van der Waals surface area contributed by atoms with Gasteiger partial charge in [0.2, 0.25) is 0 Å². The van der Waals surface area contributed by atoms with E-state index >= 15 is 0 Å². The summed E-state index contributed by atoms with van der Waals surface area (Å²) in [5.74, 6) is 5.53. The maximum absolute atomic E-state index is 11.8. The van der Waals surface area contributed by atoms with E-state index in [4.69, 9.17) is 0 Å². The Labute approximate surface area is 182 Å². The number of aliphatic hydroxyl groups excluding tert-OH is 1. The van der Waals surface area contributed by atoms with Gasteiger partial charge in [-0.1, -0.05) is 32.4 Å². The van der Waals surface area contributed by atoms with Crippen molar-refractivity contribution >= 4 is 47.0 Å². The molecule has 0 radical (unpaired) electrons. The highest BCUT2D eigenvalue weighted by Crippen LogP contribution is 2.67. The van der Waals surface area contributed by atoms with Crippen LogP contribution >= 0.6 is 47.0 Å². The van der Waals surface area contributed by atoms with Crippen molar-refractivity contribution in [2.75, 3.05) is 23.0 Å². The van der Waals surface area contributed by atoms with Crippen molar-refractivity contribution in [3.8, 4) is 0 Å². The summed E-state index contributed by atoms with van der Waals surface area (Å²) in [5.41, 5.74) is 3.26. The van der Waals surface area contributed by atoms with E-state index in [9.17, 15) is 5.11 Å². The summed E-state index contributed by atoms with van der Waals surface area (Å²) in [6.07, 6.45) is 7.72. The third-order valence-corrected chi connectivity index (χ3v) is 14.8. The number of fused-ring (bicyclic) bond motifs is 1. The van der Waals surface area contributed by atoms with E-state index in [1.165, 1.54) is 48.7 Å². The minimum absolute atomic E-state index is 0.00607. The van der Waals surface area contributed by atoms with E-state index in [0.717, 1.165) is 6.42 Å². The summed E-state index contributed by atoms with van der Waals surface area (Å²) in [6, 6.07) is 0. The van der Waals surface area contributed by atoms with Crippen LogP contribution < -0.4 is 0 Å². The van der Waals surface area contributed by atoms with Gasteiger partial charge in [0.1, 0.15) is 0 Å². The smallest absolute Gasteiger partial charge is 0.0833 e. The molecule has 0 aromatic heterocycles. The van der Waals surface area contributed by atoms with Gasteiger partial charge in [0.25, 0.3) is 0 Å². The minimum Gasteiger partial charge on any atom is -0.392 e. The lowest BCUT2D eigenvalue weighted by molar-refractivity contribution is -0.00664. The predicted octanol–water partition coefficient (Wildman–Crippen LogP) is 6.44. The van der Waals surface area contributed by atoms with Gasteiger partial charge < -0.3 is 5.11 Å². The van der Waals surface area contributed by atoms with Crippen molar-refractivity contribution in [2.24, 2.45) is 16.7 Å². The fraction of sp³-hybridized carbons (Fsp3) is 0.818.